The zero-order chi connectivity index (χ0) is 13.8. The Morgan fingerprint density at radius 3 is 2.68 bits per heavy atom. The van der Waals surface area contributed by atoms with Crippen molar-refractivity contribution in [3.05, 3.63) is 53.2 Å². The Bertz CT molecular complexity index is 566. The van der Waals surface area contributed by atoms with E-state index in [1.54, 1.807) is 6.20 Å². The molecule has 0 spiro atoms. The smallest absolute Gasteiger partial charge is 0.223 e. The van der Waals surface area contributed by atoms with Crippen LogP contribution in [0.25, 0.3) is 0 Å². The van der Waals surface area contributed by atoms with Crippen molar-refractivity contribution < 1.29 is 4.74 Å². The molecule has 0 bridgehead atoms. The normalized spacial score (nSPS) is 10.8. The zero-order valence-corrected chi connectivity index (χ0v) is 12.2. The molecule has 0 saturated heterocycles. The van der Waals surface area contributed by atoms with Crippen LogP contribution in [-0.4, -0.2) is 4.98 Å². The van der Waals surface area contributed by atoms with Gasteiger partial charge in [0.25, 0.3) is 0 Å². The number of pyridine rings is 1. The van der Waals surface area contributed by atoms with Crippen LogP contribution in [0, 0.1) is 6.92 Å². The first-order chi connectivity index (χ1) is 9.11. The summed E-state index contributed by atoms with van der Waals surface area (Å²) in [6, 6.07) is 9.91. The molecule has 0 aliphatic heterocycles. The molecule has 0 amide bonds. The van der Waals surface area contributed by atoms with Gasteiger partial charge in [0.15, 0.2) is 0 Å². The predicted molar refractivity (Wildman–Crippen MR) is 79.1 cm³/mol. The van der Waals surface area contributed by atoms with Crippen LogP contribution in [0.3, 0.4) is 0 Å². The van der Waals surface area contributed by atoms with Crippen molar-refractivity contribution >= 4 is 11.6 Å². The average Bonchev–Trinajstić information content (AvgIpc) is 2.39. The van der Waals surface area contributed by atoms with E-state index >= 15 is 0 Å². The summed E-state index contributed by atoms with van der Waals surface area (Å²) in [6.07, 6.45) is 1.71. The van der Waals surface area contributed by atoms with Crippen LogP contribution in [0.4, 0.5) is 0 Å². The minimum absolute atomic E-state index is 0.395. The minimum atomic E-state index is 0.395. The van der Waals surface area contributed by atoms with E-state index in [4.69, 9.17) is 16.3 Å². The topological polar surface area (TPSA) is 22.1 Å². The Morgan fingerprint density at radius 2 is 2.05 bits per heavy atom. The van der Waals surface area contributed by atoms with Crippen LogP contribution in [-0.2, 0) is 5.88 Å². The van der Waals surface area contributed by atoms with Gasteiger partial charge in [-0.05, 0) is 42.2 Å². The number of halogens is 1. The molecule has 1 aromatic heterocycles. The van der Waals surface area contributed by atoms with Crippen molar-refractivity contribution in [3.8, 4) is 11.6 Å². The van der Waals surface area contributed by atoms with Crippen molar-refractivity contribution in [1.29, 1.82) is 0 Å². The Balaban J connectivity index is 2.26. The first kappa shape index (κ1) is 13.9. The van der Waals surface area contributed by atoms with Gasteiger partial charge in [-0.15, -0.1) is 11.6 Å². The number of nitrogens with zero attached hydrogens (tertiary/aromatic N) is 1. The summed E-state index contributed by atoms with van der Waals surface area (Å²) in [5.41, 5.74) is 3.47. The van der Waals surface area contributed by atoms with E-state index in [-0.39, 0.29) is 0 Å². The highest BCUT2D eigenvalue weighted by molar-refractivity contribution is 6.17. The van der Waals surface area contributed by atoms with Gasteiger partial charge >= 0.3 is 0 Å². The molecule has 2 aromatic rings. The third-order valence-electron chi connectivity index (χ3n) is 3.07. The second-order valence-electron chi connectivity index (χ2n) is 4.88. The lowest BCUT2D eigenvalue weighted by Gasteiger charge is -2.12. The van der Waals surface area contributed by atoms with E-state index in [9.17, 15) is 0 Å². The number of hydrogen-bond donors (Lipinski definition) is 0. The summed E-state index contributed by atoms with van der Waals surface area (Å²) in [5, 5.41) is 0. The summed E-state index contributed by atoms with van der Waals surface area (Å²) < 4.78 is 5.82. The fraction of sp³-hybridized carbons (Fsp3) is 0.312. The number of alkyl halides is 1. The maximum atomic E-state index is 5.88. The van der Waals surface area contributed by atoms with E-state index < -0.39 is 0 Å². The second-order valence-corrected chi connectivity index (χ2v) is 5.14. The number of aromatic nitrogens is 1. The van der Waals surface area contributed by atoms with Gasteiger partial charge < -0.3 is 4.74 Å². The van der Waals surface area contributed by atoms with Crippen molar-refractivity contribution in [1.82, 2.24) is 4.98 Å². The summed E-state index contributed by atoms with van der Waals surface area (Å²) in [4.78, 5) is 4.23. The van der Waals surface area contributed by atoms with Crippen molar-refractivity contribution in [2.75, 3.05) is 0 Å². The van der Waals surface area contributed by atoms with Crippen LogP contribution in [0.2, 0.25) is 0 Å². The first-order valence-electron chi connectivity index (χ1n) is 6.40. The molecule has 1 heterocycles. The van der Waals surface area contributed by atoms with E-state index in [0.29, 0.717) is 17.7 Å². The highest BCUT2D eigenvalue weighted by Crippen LogP contribution is 2.28. The summed E-state index contributed by atoms with van der Waals surface area (Å²) in [6.45, 7) is 6.48. The Hall–Kier alpha value is -1.54. The number of benzene rings is 1. The molecule has 3 heteroatoms. The quantitative estimate of drug-likeness (QED) is 0.729. The van der Waals surface area contributed by atoms with Crippen LogP contribution in [0.1, 0.15) is 36.5 Å². The Labute approximate surface area is 119 Å². The molecule has 1 aromatic carbocycles. The number of aryl methyl sites for hydroxylation is 1. The molecule has 100 valence electrons. The predicted octanol–water partition coefficient (Wildman–Crippen LogP) is 5.04. The molecule has 0 radical (unpaired) electrons. The van der Waals surface area contributed by atoms with Crippen molar-refractivity contribution in [3.63, 3.8) is 0 Å². The third-order valence-corrected chi connectivity index (χ3v) is 3.36. The van der Waals surface area contributed by atoms with Crippen LogP contribution in [0.15, 0.2) is 36.5 Å². The van der Waals surface area contributed by atoms with Gasteiger partial charge in [0.1, 0.15) is 5.75 Å². The van der Waals surface area contributed by atoms with Crippen molar-refractivity contribution in [2.45, 2.75) is 32.6 Å². The van der Waals surface area contributed by atoms with Gasteiger partial charge in [-0.25, -0.2) is 4.98 Å². The van der Waals surface area contributed by atoms with Gasteiger partial charge in [0, 0.05) is 11.8 Å². The first-order valence-corrected chi connectivity index (χ1v) is 6.93. The van der Waals surface area contributed by atoms with E-state index in [1.807, 2.05) is 24.3 Å². The van der Waals surface area contributed by atoms with E-state index in [2.05, 4.69) is 31.8 Å². The van der Waals surface area contributed by atoms with Gasteiger partial charge in [-0.2, -0.15) is 0 Å². The molecule has 19 heavy (non-hydrogen) atoms. The monoisotopic (exact) mass is 275 g/mol. The van der Waals surface area contributed by atoms with Gasteiger partial charge in [0.2, 0.25) is 5.88 Å². The van der Waals surface area contributed by atoms with Crippen LogP contribution >= 0.6 is 11.6 Å². The summed E-state index contributed by atoms with van der Waals surface area (Å²) >= 11 is 5.88. The zero-order valence-electron chi connectivity index (χ0n) is 11.5. The molecule has 0 N–H and O–H groups in total. The molecule has 2 nitrogen and oxygen atoms in total. The Kier molecular flexibility index (Phi) is 4.43. The SMILES string of the molecule is Cc1cc(Oc2ncccc2CCl)ccc1C(C)C. The number of hydrogen-bond acceptors (Lipinski definition) is 2. The molecule has 0 aliphatic rings. The van der Waals surface area contributed by atoms with E-state index in [0.717, 1.165) is 11.3 Å². The molecule has 0 saturated carbocycles. The lowest BCUT2D eigenvalue weighted by Crippen LogP contribution is -1.95. The fourth-order valence-electron chi connectivity index (χ4n) is 2.09. The molecule has 0 aliphatic carbocycles. The Morgan fingerprint density at radius 1 is 1.26 bits per heavy atom. The molecular formula is C16H18ClNO. The van der Waals surface area contributed by atoms with Crippen LogP contribution < -0.4 is 4.74 Å². The largest absolute Gasteiger partial charge is 0.439 e. The molecule has 0 fully saturated rings. The minimum Gasteiger partial charge on any atom is -0.439 e. The maximum Gasteiger partial charge on any atom is 0.223 e. The van der Waals surface area contributed by atoms with Gasteiger partial charge in [-0.1, -0.05) is 26.0 Å². The second kappa shape index (κ2) is 6.07. The number of rotatable bonds is 4. The van der Waals surface area contributed by atoms with E-state index in [1.165, 1.54) is 11.1 Å². The lowest BCUT2D eigenvalue weighted by atomic mass is 9.98. The maximum absolute atomic E-state index is 5.88. The highest BCUT2D eigenvalue weighted by Gasteiger charge is 2.08. The molecule has 2 rings (SSSR count). The molecule has 0 unspecified atom stereocenters. The summed E-state index contributed by atoms with van der Waals surface area (Å²) in [5.74, 6) is 2.29. The standard InChI is InChI=1S/C16H18ClNO/c1-11(2)15-7-6-14(9-12(15)3)19-16-13(10-17)5-4-8-18-16/h4-9,11H,10H2,1-3H3. The fourth-order valence-corrected chi connectivity index (χ4v) is 2.29. The molecule has 0 atom stereocenters. The van der Waals surface area contributed by atoms with Gasteiger partial charge in [-0.3, -0.25) is 0 Å². The third kappa shape index (κ3) is 3.27. The lowest BCUT2D eigenvalue weighted by molar-refractivity contribution is 0.457. The summed E-state index contributed by atoms with van der Waals surface area (Å²) in [7, 11) is 0. The average molecular weight is 276 g/mol. The highest BCUT2D eigenvalue weighted by atomic mass is 35.5. The number of ether oxygens (including phenoxy) is 1. The molecular weight excluding hydrogens is 258 g/mol. The van der Waals surface area contributed by atoms with Gasteiger partial charge in [0.05, 0.1) is 5.88 Å². The van der Waals surface area contributed by atoms with Crippen LogP contribution in [0.5, 0.6) is 11.6 Å². The van der Waals surface area contributed by atoms with Crippen molar-refractivity contribution in [2.24, 2.45) is 0 Å².